The van der Waals surface area contributed by atoms with E-state index in [0.717, 1.165) is 5.92 Å². The van der Waals surface area contributed by atoms with Crippen LogP contribution in [0.1, 0.15) is 56.5 Å². The molecule has 1 saturated carbocycles. The zero-order chi connectivity index (χ0) is 10.1. The number of hydrogen-bond donors (Lipinski definition) is 1. The van der Waals surface area contributed by atoms with E-state index >= 15 is 0 Å². The molecule has 2 aliphatic rings. The number of aryl methyl sites for hydroxylation is 1. The first-order valence-electron chi connectivity index (χ1n) is 5.54. The molecule has 2 nitrogen and oxygen atoms in total. The van der Waals surface area contributed by atoms with E-state index in [0.29, 0.717) is 10.8 Å². The van der Waals surface area contributed by atoms with Crippen molar-refractivity contribution in [3.8, 4) is 0 Å². The number of nitrogens with zero attached hydrogens (tertiary/aromatic N) is 1. The van der Waals surface area contributed by atoms with Gasteiger partial charge in [0.1, 0.15) is 0 Å². The monoisotopic (exact) mass is 190 g/mol. The topological polar surface area (TPSA) is 28.7 Å². The molecule has 0 amide bonds. The highest BCUT2D eigenvalue weighted by Crippen LogP contribution is 2.67. The smallest absolute Gasteiger partial charge is 0.0724 e. The van der Waals surface area contributed by atoms with Gasteiger partial charge in [0.05, 0.1) is 5.69 Å². The molecule has 2 atom stereocenters. The van der Waals surface area contributed by atoms with Crippen molar-refractivity contribution in [3.05, 3.63) is 17.0 Å². The zero-order valence-electron chi connectivity index (χ0n) is 9.44. The van der Waals surface area contributed by atoms with Crippen LogP contribution in [0.15, 0.2) is 0 Å². The molecule has 1 N–H and O–H groups in total. The van der Waals surface area contributed by atoms with Gasteiger partial charge in [-0.05, 0) is 31.1 Å². The molecule has 2 heteroatoms. The van der Waals surface area contributed by atoms with Gasteiger partial charge in [-0.25, -0.2) is 0 Å². The summed E-state index contributed by atoms with van der Waals surface area (Å²) in [4.78, 5) is 0. The lowest BCUT2D eigenvalue weighted by atomic mass is 9.70. The van der Waals surface area contributed by atoms with Gasteiger partial charge in [0, 0.05) is 16.7 Å². The summed E-state index contributed by atoms with van der Waals surface area (Å²) in [6.45, 7) is 9.36. The summed E-state index contributed by atoms with van der Waals surface area (Å²) in [6.07, 6.45) is 2.65. The van der Waals surface area contributed by atoms with Crippen LogP contribution in [-0.4, -0.2) is 10.2 Å². The summed E-state index contributed by atoms with van der Waals surface area (Å²) in [6, 6.07) is 0. The Bertz CT molecular complexity index is 402. The largest absolute Gasteiger partial charge is 0.282 e. The Labute approximate surface area is 85.1 Å². The second kappa shape index (κ2) is 2.07. The number of fused-ring (bicyclic) bond motifs is 5. The Balaban J connectivity index is 2.31. The molecule has 76 valence electrons. The summed E-state index contributed by atoms with van der Waals surface area (Å²) in [5.41, 5.74) is 4.91. The maximum Gasteiger partial charge on any atom is 0.0724 e. The summed E-state index contributed by atoms with van der Waals surface area (Å²) >= 11 is 0. The molecular formula is C12H18N2. The third-order valence-corrected chi connectivity index (χ3v) is 5.09. The number of rotatable bonds is 0. The lowest BCUT2D eigenvalue weighted by molar-refractivity contribution is 0.225. The van der Waals surface area contributed by atoms with Crippen molar-refractivity contribution in [2.75, 3.05) is 0 Å². The molecule has 0 unspecified atom stereocenters. The SMILES string of the molecule is Cc1[nH]nc2c1[C@H]1CC[C@]2(C)C1(C)C. The van der Waals surface area contributed by atoms with Crippen LogP contribution in [0.5, 0.6) is 0 Å². The summed E-state index contributed by atoms with van der Waals surface area (Å²) in [5.74, 6) is 0.737. The van der Waals surface area contributed by atoms with Crippen LogP contribution in [-0.2, 0) is 5.41 Å². The van der Waals surface area contributed by atoms with Crippen LogP contribution in [0.2, 0.25) is 0 Å². The lowest BCUT2D eigenvalue weighted by Crippen LogP contribution is -2.32. The van der Waals surface area contributed by atoms with E-state index in [-0.39, 0.29) is 0 Å². The highest BCUT2D eigenvalue weighted by atomic mass is 15.1. The molecule has 3 rings (SSSR count). The van der Waals surface area contributed by atoms with Gasteiger partial charge >= 0.3 is 0 Å². The Hall–Kier alpha value is -0.790. The molecule has 1 aromatic rings. The van der Waals surface area contributed by atoms with E-state index in [4.69, 9.17) is 0 Å². The first-order valence-corrected chi connectivity index (χ1v) is 5.54. The predicted molar refractivity (Wildman–Crippen MR) is 56.4 cm³/mol. The average molecular weight is 190 g/mol. The van der Waals surface area contributed by atoms with Gasteiger partial charge in [-0.15, -0.1) is 0 Å². The quantitative estimate of drug-likeness (QED) is 0.669. The summed E-state index contributed by atoms with van der Waals surface area (Å²) in [5, 5.41) is 7.67. The molecule has 14 heavy (non-hydrogen) atoms. The standard InChI is InChI=1S/C12H18N2/c1-7-9-8-5-6-12(4,11(8,2)3)10(9)14-13-7/h8H,5-6H2,1-4H3,(H,13,14)/t8-,12+/m1/s1. The molecule has 1 fully saturated rings. The molecular weight excluding hydrogens is 172 g/mol. The molecule has 0 aliphatic heterocycles. The highest BCUT2D eigenvalue weighted by Gasteiger charge is 2.61. The number of hydrogen-bond acceptors (Lipinski definition) is 1. The van der Waals surface area contributed by atoms with Crippen LogP contribution in [0.4, 0.5) is 0 Å². The second-order valence-electron chi connectivity index (χ2n) is 5.76. The third-order valence-electron chi connectivity index (χ3n) is 5.09. The van der Waals surface area contributed by atoms with Crippen molar-refractivity contribution >= 4 is 0 Å². The number of nitrogens with one attached hydrogen (secondary N) is 1. The molecule has 0 aromatic carbocycles. The van der Waals surface area contributed by atoms with Gasteiger partial charge < -0.3 is 0 Å². The lowest BCUT2D eigenvalue weighted by Gasteiger charge is -2.34. The first kappa shape index (κ1) is 8.51. The maximum absolute atomic E-state index is 4.52. The molecule has 1 heterocycles. The van der Waals surface area contributed by atoms with Crippen LogP contribution in [0, 0.1) is 12.3 Å². The minimum atomic E-state index is 0.317. The predicted octanol–water partition coefficient (Wildman–Crippen LogP) is 2.89. The van der Waals surface area contributed by atoms with Crippen molar-refractivity contribution in [1.82, 2.24) is 10.2 Å². The molecule has 0 saturated heterocycles. The molecule has 2 bridgehead atoms. The Morgan fingerprint density at radius 2 is 2.07 bits per heavy atom. The van der Waals surface area contributed by atoms with E-state index in [1.54, 1.807) is 0 Å². The van der Waals surface area contributed by atoms with E-state index in [1.165, 1.54) is 29.8 Å². The minimum absolute atomic E-state index is 0.317. The second-order valence-corrected chi connectivity index (χ2v) is 5.76. The number of H-pyrrole nitrogens is 1. The van der Waals surface area contributed by atoms with Crippen molar-refractivity contribution in [3.63, 3.8) is 0 Å². The van der Waals surface area contributed by atoms with Gasteiger partial charge in [-0.1, -0.05) is 20.8 Å². The third kappa shape index (κ3) is 0.626. The molecule has 2 aliphatic carbocycles. The van der Waals surface area contributed by atoms with Crippen LogP contribution in [0.25, 0.3) is 0 Å². The van der Waals surface area contributed by atoms with Crippen molar-refractivity contribution < 1.29 is 0 Å². The van der Waals surface area contributed by atoms with Gasteiger partial charge in [0.2, 0.25) is 0 Å². The molecule has 0 radical (unpaired) electrons. The number of aromatic amines is 1. The van der Waals surface area contributed by atoms with Crippen LogP contribution >= 0.6 is 0 Å². The van der Waals surface area contributed by atoms with Crippen molar-refractivity contribution in [2.45, 2.75) is 51.9 Å². The van der Waals surface area contributed by atoms with Crippen molar-refractivity contribution in [1.29, 1.82) is 0 Å². The Morgan fingerprint density at radius 1 is 1.36 bits per heavy atom. The van der Waals surface area contributed by atoms with Crippen LogP contribution in [0.3, 0.4) is 0 Å². The summed E-state index contributed by atoms with van der Waals surface area (Å²) < 4.78 is 0. The van der Waals surface area contributed by atoms with Crippen LogP contribution < -0.4 is 0 Å². The fourth-order valence-electron chi connectivity index (χ4n) is 3.71. The highest BCUT2D eigenvalue weighted by molar-refractivity contribution is 5.47. The van der Waals surface area contributed by atoms with Gasteiger partial charge in [0.15, 0.2) is 0 Å². The fraction of sp³-hybridized carbons (Fsp3) is 0.750. The van der Waals surface area contributed by atoms with Gasteiger partial charge in [-0.2, -0.15) is 5.10 Å². The van der Waals surface area contributed by atoms with Crippen molar-refractivity contribution in [2.24, 2.45) is 5.41 Å². The zero-order valence-corrected chi connectivity index (χ0v) is 9.44. The Kier molecular flexibility index (Phi) is 1.26. The molecule has 0 spiro atoms. The van der Waals surface area contributed by atoms with E-state index in [1.807, 2.05) is 0 Å². The van der Waals surface area contributed by atoms with E-state index in [2.05, 4.69) is 37.9 Å². The van der Waals surface area contributed by atoms with E-state index in [9.17, 15) is 0 Å². The first-order chi connectivity index (χ1) is 6.48. The minimum Gasteiger partial charge on any atom is -0.282 e. The average Bonchev–Trinajstić information content (AvgIpc) is 2.63. The maximum atomic E-state index is 4.52. The number of aromatic nitrogens is 2. The van der Waals surface area contributed by atoms with Gasteiger partial charge in [-0.3, -0.25) is 5.10 Å². The molecule has 1 aromatic heterocycles. The normalized spacial score (nSPS) is 37.6. The fourth-order valence-corrected chi connectivity index (χ4v) is 3.71. The van der Waals surface area contributed by atoms with Gasteiger partial charge in [0.25, 0.3) is 0 Å². The Morgan fingerprint density at radius 3 is 2.71 bits per heavy atom. The summed E-state index contributed by atoms with van der Waals surface area (Å²) in [7, 11) is 0. The van der Waals surface area contributed by atoms with E-state index < -0.39 is 0 Å².